The Morgan fingerprint density at radius 3 is 2.10 bits per heavy atom. The van der Waals surface area contributed by atoms with E-state index in [1.54, 1.807) is 0 Å². The summed E-state index contributed by atoms with van der Waals surface area (Å²) >= 11 is 0. The third-order valence-corrected chi connectivity index (χ3v) is 5.11. The van der Waals surface area contributed by atoms with E-state index in [4.69, 9.17) is 5.73 Å². The molecule has 0 aromatic rings. The summed E-state index contributed by atoms with van der Waals surface area (Å²) in [5.41, 5.74) is 5.98. The molecule has 0 amide bonds. The molecule has 118 valence electrons. The van der Waals surface area contributed by atoms with E-state index in [-0.39, 0.29) is 5.41 Å². The predicted molar refractivity (Wildman–Crippen MR) is 86.5 cm³/mol. The highest BCUT2D eigenvalue weighted by Gasteiger charge is 2.30. The first kappa shape index (κ1) is 17.7. The standard InChI is InChI=1S/C18H35NO/c1-13-10-14(2)12-15(11-13)17(20)7-6-16(8-9-19)18(3,4)5/h13-16H,6-12,19H2,1-5H3. The van der Waals surface area contributed by atoms with E-state index in [2.05, 4.69) is 34.6 Å². The Kier molecular flexibility index (Phi) is 6.71. The molecule has 1 fully saturated rings. The van der Waals surface area contributed by atoms with Crippen molar-refractivity contribution in [3.63, 3.8) is 0 Å². The molecule has 1 saturated carbocycles. The zero-order valence-corrected chi connectivity index (χ0v) is 14.2. The van der Waals surface area contributed by atoms with Gasteiger partial charge in [-0.15, -0.1) is 0 Å². The number of ketones is 1. The number of hydrogen-bond donors (Lipinski definition) is 1. The summed E-state index contributed by atoms with van der Waals surface area (Å²) in [5, 5.41) is 0. The summed E-state index contributed by atoms with van der Waals surface area (Å²) in [5.74, 6) is 2.84. The van der Waals surface area contributed by atoms with Gasteiger partial charge in [-0.25, -0.2) is 0 Å². The van der Waals surface area contributed by atoms with Gasteiger partial charge in [0.05, 0.1) is 0 Å². The molecule has 0 aromatic heterocycles. The van der Waals surface area contributed by atoms with Gasteiger partial charge in [0.15, 0.2) is 0 Å². The van der Waals surface area contributed by atoms with Crippen LogP contribution >= 0.6 is 0 Å². The van der Waals surface area contributed by atoms with Crippen LogP contribution in [0.4, 0.5) is 0 Å². The van der Waals surface area contributed by atoms with Crippen molar-refractivity contribution < 1.29 is 4.79 Å². The van der Waals surface area contributed by atoms with Gasteiger partial charge in [-0.2, -0.15) is 0 Å². The van der Waals surface area contributed by atoms with Crippen LogP contribution < -0.4 is 5.73 Å². The zero-order chi connectivity index (χ0) is 15.3. The predicted octanol–water partition coefficient (Wildman–Crippen LogP) is 4.42. The monoisotopic (exact) mass is 281 g/mol. The van der Waals surface area contributed by atoms with Gasteiger partial charge >= 0.3 is 0 Å². The highest BCUT2D eigenvalue weighted by atomic mass is 16.1. The SMILES string of the molecule is CC1CC(C)CC(C(=O)CCC(CCN)C(C)(C)C)C1. The second-order valence-corrected chi connectivity index (χ2v) is 8.26. The fraction of sp³-hybridized carbons (Fsp3) is 0.944. The van der Waals surface area contributed by atoms with Crippen LogP contribution in [0, 0.1) is 29.1 Å². The Balaban J connectivity index is 2.48. The summed E-state index contributed by atoms with van der Waals surface area (Å²) < 4.78 is 0. The highest BCUT2D eigenvalue weighted by Crippen LogP contribution is 2.36. The normalized spacial score (nSPS) is 29.2. The first-order chi connectivity index (χ1) is 9.24. The molecule has 0 saturated heterocycles. The third-order valence-electron chi connectivity index (χ3n) is 5.11. The van der Waals surface area contributed by atoms with Crippen LogP contribution in [0.2, 0.25) is 0 Å². The molecule has 0 aromatic carbocycles. The van der Waals surface area contributed by atoms with Crippen molar-refractivity contribution in [2.45, 2.75) is 73.1 Å². The fourth-order valence-corrected chi connectivity index (χ4v) is 3.94. The lowest BCUT2D eigenvalue weighted by molar-refractivity contribution is -0.125. The molecule has 0 aliphatic heterocycles. The molecule has 1 aliphatic carbocycles. The van der Waals surface area contributed by atoms with Crippen LogP contribution in [-0.2, 0) is 4.79 Å². The Morgan fingerprint density at radius 1 is 1.10 bits per heavy atom. The smallest absolute Gasteiger partial charge is 0.136 e. The summed E-state index contributed by atoms with van der Waals surface area (Å²) in [6.07, 6.45) is 6.32. The van der Waals surface area contributed by atoms with Crippen molar-refractivity contribution in [3.05, 3.63) is 0 Å². The maximum absolute atomic E-state index is 12.5. The van der Waals surface area contributed by atoms with Gasteiger partial charge < -0.3 is 5.73 Å². The van der Waals surface area contributed by atoms with Crippen molar-refractivity contribution >= 4 is 5.78 Å². The number of Topliss-reactive ketones (excluding diaryl/α,β-unsaturated/α-hetero) is 1. The van der Waals surface area contributed by atoms with Gasteiger partial charge in [0.2, 0.25) is 0 Å². The summed E-state index contributed by atoms with van der Waals surface area (Å²) in [6.45, 7) is 12.1. The number of rotatable bonds is 6. The second kappa shape index (κ2) is 7.59. The molecule has 2 N–H and O–H groups in total. The van der Waals surface area contributed by atoms with Gasteiger partial charge in [0.1, 0.15) is 5.78 Å². The van der Waals surface area contributed by atoms with E-state index < -0.39 is 0 Å². The molecule has 0 heterocycles. The van der Waals surface area contributed by atoms with Crippen LogP contribution in [0.5, 0.6) is 0 Å². The van der Waals surface area contributed by atoms with E-state index in [0.717, 1.165) is 50.5 Å². The van der Waals surface area contributed by atoms with Gasteiger partial charge in [-0.3, -0.25) is 4.79 Å². The molecule has 0 bridgehead atoms. The Morgan fingerprint density at radius 2 is 1.65 bits per heavy atom. The molecule has 2 heteroatoms. The molecular weight excluding hydrogens is 246 g/mol. The second-order valence-electron chi connectivity index (χ2n) is 8.26. The van der Waals surface area contributed by atoms with Crippen LogP contribution in [0.25, 0.3) is 0 Å². The average molecular weight is 281 g/mol. The lowest BCUT2D eigenvalue weighted by atomic mass is 9.72. The van der Waals surface area contributed by atoms with Crippen molar-refractivity contribution in [1.29, 1.82) is 0 Å². The van der Waals surface area contributed by atoms with Crippen LogP contribution in [-0.4, -0.2) is 12.3 Å². The number of hydrogen-bond acceptors (Lipinski definition) is 2. The molecule has 20 heavy (non-hydrogen) atoms. The summed E-state index contributed by atoms with van der Waals surface area (Å²) in [7, 11) is 0. The van der Waals surface area contributed by atoms with Gasteiger partial charge in [0, 0.05) is 12.3 Å². The van der Waals surface area contributed by atoms with Crippen LogP contribution in [0.1, 0.15) is 73.1 Å². The van der Waals surface area contributed by atoms with Crippen molar-refractivity contribution in [3.8, 4) is 0 Å². The topological polar surface area (TPSA) is 43.1 Å². The van der Waals surface area contributed by atoms with Crippen LogP contribution in [0.15, 0.2) is 0 Å². The fourth-order valence-electron chi connectivity index (χ4n) is 3.94. The summed E-state index contributed by atoms with van der Waals surface area (Å²) in [4.78, 5) is 12.5. The molecule has 1 aliphatic rings. The van der Waals surface area contributed by atoms with Crippen molar-refractivity contribution in [2.24, 2.45) is 34.8 Å². The quantitative estimate of drug-likeness (QED) is 0.783. The van der Waals surface area contributed by atoms with E-state index in [9.17, 15) is 4.79 Å². The highest BCUT2D eigenvalue weighted by molar-refractivity contribution is 5.81. The first-order valence-electron chi connectivity index (χ1n) is 8.46. The Hall–Kier alpha value is -0.370. The first-order valence-corrected chi connectivity index (χ1v) is 8.46. The number of nitrogens with two attached hydrogens (primary N) is 1. The maximum atomic E-state index is 12.5. The Bertz CT molecular complexity index is 295. The van der Waals surface area contributed by atoms with Gasteiger partial charge in [-0.05, 0) is 61.8 Å². The molecule has 2 nitrogen and oxygen atoms in total. The molecule has 3 atom stereocenters. The number of carbonyl (C=O) groups excluding carboxylic acids is 1. The third kappa shape index (κ3) is 5.55. The van der Waals surface area contributed by atoms with E-state index in [1.807, 2.05) is 0 Å². The van der Waals surface area contributed by atoms with Gasteiger partial charge in [-0.1, -0.05) is 34.6 Å². The minimum Gasteiger partial charge on any atom is -0.330 e. The van der Waals surface area contributed by atoms with Crippen LogP contribution in [0.3, 0.4) is 0 Å². The number of carbonyl (C=O) groups is 1. The van der Waals surface area contributed by atoms with Crippen molar-refractivity contribution in [2.75, 3.05) is 6.54 Å². The molecule has 0 spiro atoms. The minimum absolute atomic E-state index is 0.257. The molecule has 0 radical (unpaired) electrons. The molecule has 1 rings (SSSR count). The Labute approximate surface area is 125 Å². The zero-order valence-electron chi connectivity index (χ0n) is 14.2. The maximum Gasteiger partial charge on any atom is 0.136 e. The van der Waals surface area contributed by atoms with E-state index >= 15 is 0 Å². The average Bonchev–Trinajstić information content (AvgIpc) is 2.31. The van der Waals surface area contributed by atoms with Gasteiger partial charge in [0.25, 0.3) is 0 Å². The van der Waals surface area contributed by atoms with Crippen molar-refractivity contribution in [1.82, 2.24) is 0 Å². The lowest BCUT2D eigenvalue weighted by Gasteiger charge is -2.33. The molecule has 3 unspecified atom stereocenters. The summed E-state index contributed by atoms with van der Waals surface area (Å²) in [6, 6.07) is 0. The molecular formula is C18H35NO. The van der Waals surface area contributed by atoms with E-state index in [0.29, 0.717) is 17.6 Å². The lowest BCUT2D eigenvalue weighted by Crippen LogP contribution is -2.28. The largest absolute Gasteiger partial charge is 0.330 e. The van der Waals surface area contributed by atoms with E-state index in [1.165, 1.54) is 6.42 Å². The minimum atomic E-state index is 0.257.